The van der Waals surface area contributed by atoms with Gasteiger partial charge in [-0.05, 0) is 91.0 Å². The number of Topliss-reactive ketones (excluding diaryl/α,β-unsaturated/α-hetero) is 1. The van der Waals surface area contributed by atoms with Gasteiger partial charge in [-0.25, -0.2) is 24.7 Å². The first-order chi connectivity index (χ1) is 30.8. The monoisotopic (exact) mass is 887 g/mol. The van der Waals surface area contributed by atoms with Crippen LogP contribution in [0.4, 0.5) is 5.82 Å². The van der Waals surface area contributed by atoms with Gasteiger partial charge >= 0.3 is 0 Å². The van der Waals surface area contributed by atoms with E-state index in [2.05, 4.69) is 29.1 Å². The number of anilines is 1. The highest BCUT2D eigenvalue weighted by atomic mass is 28.4. The van der Waals surface area contributed by atoms with Gasteiger partial charge in [0, 0.05) is 17.9 Å². The van der Waals surface area contributed by atoms with Crippen LogP contribution in [-0.2, 0) is 29.6 Å². The number of ether oxygens (including phenoxy) is 4. The lowest BCUT2D eigenvalue weighted by molar-refractivity contribution is -0.339. The molecule has 1 aliphatic heterocycles. The van der Waals surface area contributed by atoms with Crippen molar-refractivity contribution < 1.29 is 43.1 Å². The second kappa shape index (κ2) is 19.9. The zero-order valence-corrected chi connectivity index (χ0v) is 38.4. The van der Waals surface area contributed by atoms with E-state index in [1.807, 2.05) is 103 Å². The van der Waals surface area contributed by atoms with Crippen LogP contribution in [0.25, 0.3) is 11.2 Å². The molecule has 0 saturated carbocycles. The minimum absolute atomic E-state index is 0.00178. The SMILES string of the molecule is COc1ccc(C(OC[C@H]2O[C@@H](n3cnc4c(NC(=O)c5ccccc5)ncnc43)[C@@H](CC(C)(C)[Si](C)(C)O)C2OOCCCC(C)=O)(c2ccccc2)c2ccc(OC)cc2)cc1. The molecular formula is C49H57N5O9Si. The molecule has 64 heavy (non-hydrogen) atoms. The molecule has 1 amide bonds. The Balaban J connectivity index is 1.33. The van der Waals surface area contributed by atoms with Crippen LogP contribution in [-0.4, -0.2) is 84.0 Å². The molecular weight excluding hydrogens is 831 g/mol. The molecule has 15 heteroatoms. The third-order valence-corrected chi connectivity index (χ3v) is 15.9. The Morgan fingerprint density at radius 3 is 2.00 bits per heavy atom. The summed E-state index contributed by atoms with van der Waals surface area (Å²) in [4.78, 5) is 63.0. The fourth-order valence-corrected chi connectivity index (χ4v) is 8.81. The normalized spacial score (nSPS) is 17.9. The number of carbonyl (C=O) groups is 2. The average Bonchev–Trinajstić information content (AvgIpc) is 3.88. The number of nitrogens with zero attached hydrogens (tertiary/aromatic N) is 4. The summed E-state index contributed by atoms with van der Waals surface area (Å²) in [7, 11) is 0.436. The summed E-state index contributed by atoms with van der Waals surface area (Å²) in [6.07, 6.45) is 1.98. The van der Waals surface area contributed by atoms with Gasteiger partial charge in [-0.3, -0.25) is 9.36 Å². The summed E-state index contributed by atoms with van der Waals surface area (Å²) < 4.78 is 27.5. The molecule has 336 valence electrons. The third-order valence-electron chi connectivity index (χ3n) is 12.3. The summed E-state index contributed by atoms with van der Waals surface area (Å²) in [6, 6.07) is 34.4. The molecule has 0 aliphatic carbocycles. The molecule has 0 bridgehead atoms. The fourth-order valence-electron chi connectivity index (χ4n) is 8.08. The Morgan fingerprint density at radius 2 is 1.42 bits per heavy atom. The van der Waals surface area contributed by atoms with Gasteiger partial charge in [0.2, 0.25) is 0 Å². The van der Waals surface area contributed by atoms with Crippen molar-refractivity contribution in [3.05, 3.63) is 144 Å². The van der Waals surface area contributed by atoms with Crippen molar-refractivity contribution in [1.29, 1.82) is 0 Å². The largest absolute Gasteiger partial charge is 0.497 e. The highest BCUT2D eigenvalue weighted by molar-refractivity contribution is 6.72. The Bertz CT molecular complexity index is 2430. The van der Waals surface area contributed by atoms with E-state index in [1.165, 1.54) is 6.33 Å². The second-order valence-corrected chi connectivity index (χ2v) is 21.7. The maximum atomic E-state index is 13.3. The number of imidazole rings is 1. The molecule has 7 rings (SSSR count). The van der Waals surface area contributed by atoms with Crippen molar-refractivity contribution >= 4 is 37.0 Å². The highest BCUT2D eigenvalue weighted by Crippen LogP contribution is 2.51. The lowest BCUT2D eigenvalue weighted by Crippen LogP contribution is -2.44. The minimum Gasteiger partial charge on any atom is -0.497 e. The van der Waals surface area contributed by atoms with E-state index in [0.29, 0.717) is 47.5 Å². The van der Waals surface area contributed by atoms with Crippen LogP contribution in [0.3, 0.4) is 0 Å². The number of hydrogen-bond donors (Lipinski definition) is 2. The predicted molar refractivity (Wildman–Crippen MR) is 244 cm³/mol. The number of rotatable bonds is 20. The van der Waals surface area contributed by atoms with Crippen molar-refractivity contribution in [1.82, 2.24) is 19.5 Å². The molecule has 4 aromatic carbocycles. The number of methoxy groups -OCH3 is 2. The van der Waals surface area contributed by atoms with Gasteiger partial charge in [0.25, 0.3) is 5.91 Å². The molecule has 2 N–H and O–H groups in total. The molecule has 1 saturated heterocycles. The molecule has 0 spiro atoms. The van der Waals surface area contributed by atoms with Crippen LogP contribution in [0, 0.1) is 5.92 Å². The van der Waals surface area contributed by atoms with Crippen molar-refractivity contribution in [3.63, 3.8) is 0 Å². The van der Waals surface area contributed by atoms with E-state index >= 15 is 0 Å². The van der Waals surface area contributed by atoms with Crippen LogP contribution in [0.2, 0.25) is 18.1 Å². The average molecular weight is 888 g/mol. The number of amides is 1. The molecule has 1 aliphatic rings. The van der Waals surface area contributed by atoms with E-state index < -0.39 is 43.3 Å². The summed E-state index contributed by atoms with van der Waals surface area (Å²) in [5.41, 5.74) is 2.62. The smallest absolute Gasteiger partial charge is 0.256 e. The molecule has 2 aromatic heterocycles. The Labute approximate surface area is 374 Å². The number of carbonyl (C=O) groups excluding carboxylic acids is 2. The van der Waals surface area contributed by atoms with Crippen LogP contribution in [0.1, 0.15) is 73.3 Å². The van der Waals surface area contributed by atoms with Crippen LogP contribution in [0.15, 0.2) is 122 Å². The molecule has 3 heterocycles. The van der Waals surface area contributed by atoms with Crippen molar-refractivity contribution in [2.45, 2.75) is 82.2 Å². The molecule has 14 nitrogen and oxygen atoms in total. The first-order valence-electron chi connectivity index (χ1n) is 21.4. The molecule has 1 unspecified atom stereocenters. The van der Waals surface area contributed by atoms with Crippen molar-refractivity contribution in [3.8, 4) is 11.5 Å². The standard InChI is InChI=1S/C49H57N5O9Si/c1-33(55)15-14-28-61-63-43-40(29-48(2,3)64(6,7)57)47(54-32-52-42-44(50-31-51-45(42)54)53-46(56)34-16-10-8-11-17-34)62-41(43)30-60-49(35-18-12-9-13-19-35,36-20-24-38(58-4)25-21-36)37-22-26-39(59-5)27-23-37/h8-13,16-27,31-32,40-41,43,47,57H,14-15,28-30H2,1-7H3,(H,50,51,53,56)/t40-,41+,43?,47+/m0/s1. The van der Waals surface area contributed by atoms with Gasteiger partial charge in [0.05, 0.1) is 33.8 Å². The van der Waals surface area contributed by atoms with E-state index in [-0.39, 0.29) is 30.7 Å². The zero-order valence-electron chi connectivity index (χ0n) is 37.4. The number of aromatic nitrogens is 4. The topological polar surface area (TPSA) is 165 Å². The van der Waals surface area contributed by atoms with E-state index in [9.17, 15) is 14.4 Å². The number of ketones is 1. The number of nitrogens with one attached hydrogen (secondary N) is 1. The first kappa shape index (κ1) is 46.2. The fraction of sp³-hybridized carbons (Fsp3) is 0.367. The Kier molecular flexibility index (Phi) is 14.4. The molecule has 1 fully saturated rings. The van der Waals surface area contributed by atoms with E-state index in [1.54, 1.807) is 51.7 Å². The first-order valence-corrected chi connectivity index (χ1v) is 24.4. The lowest BCUT2D eigenvalue weighted by atomic mass is 9.80. The maximum absolute atomic E-state index is 13.3. The quantitative estimate of drug-likeness (QED) is 0.0247. The number of hydrogen-bond acceptors (Lipinski definition) is 12. The highest BCUT2D eigenvalue weighted by Gasteiger charge is 2.53. The number of benzene rings is 4. The molecule has 0 radical (unpaired) electrons. The van der Waals surface area contributed by atoms with Gasteiger partial charge < -0.3 is 33.9 Å². The van der Waals surface area contributed by atoms with Crippen LogP contribution >= 0.6 is 0 Å². The van der Waals surface area contributed by atoms with Gasteiger partial charge in [0.15, 0.2) is 25.3 Å². The van der Waals surface area contributed by atoms with Gasteiger partial charge in [-0.1, -0.05) is 86.6 Å². The van der Waals surface area contributed by atoms with Gasteiger partial charge in [0.1, 0.15) is 47.6 Å². The lowest BCUT2D eigenvalue weighted by Gasteiger charge is -2.39. The summed E-state index contributed by atoms with van der Waals surface area (Å²) in [5, 5.41) is 2.35. The van der Waals surface area contributed by atoms with Crippen LogP contribution in [0.5, 0.6) is 11.5 Å². The van der Waals surface area contributed by atoms with Crippen LogP contribution < -0.4 is 14.8 Å². The van der Waals surface area contributed by atoms with Gasteiger partial charge in [-0.15, -0.1) is 0 Å². The van der Waals surface area contributed by atoms with Gasteiger partial charge in [-0.2, -0.15) is 0 Å². The predicted octanol–water partition coefficient (Wildman–Crippen LogP) is 8.67. The second-order valence-electron chi connectivity index (χ2n) is 17.2. The Morgan fingerprint density at radius 1 is 0.828 bits per heavy atom. The summed E-state index contributed by atoms with van der Waals surface area (Å²) >= 11 is 0. The van der Waals surface area contributed by atoms with Crippen molar-refractivity contribution in [2.24, 2.45) is 5.92 Å². The molecule has 6 aromatic rings. The minimum atomic E-state index is -2.82. The summed E-state index contributed by atoms with van der Waals surface area (Å²) in [6.45, 7) is 9.68. The zero-order chi connectivity index (χ0) is 45.5. The Hall–Kier alpha value is -5.81. The number of fused-ring (bicyclic) bond motifs is 1. The van der Waals surface area contributed by atoms with E-state index in [0.717, 1.165) is 16.7 Å². The summed E-state index contributed by atoms with van der Waals surface area (Å²) in [5.74, 6) is 0.875. The maximum Gasteiger partial charge on any atom is 0.256 e. The third kappa shape index (κ3) is 9.94. The van der Waals surface area contributed by atoms with Crippen molar-refractivity contribution in [2.75, 3.05) is 32.8 Å². The van der Waals surface area contributed by atoms with E-state index in [4.69, 9.17) is 33.7 Å². The molecule has 4 atom stereocenters.